The maximum absolute atomic E-state index is 14.1. The minimum Gasteiger partial charge on any atom is -0.206 e. The third kappa shape index (κ3) is 4.31. The Bertz CT molecular complexity index is 757. The van der Waals surface area contributed by atoms with E-state index in [0.717, 1.165) is 56.1 Å². The van der Waals surface area contributed by atoms with Crippen LogP contribution in [0.25, 0.3) is 0 Å². The molecule has 3 aliphatic carbocycles. The maximum atomic E-state index is 14.1. The van der Waals surface area contributed by atoms with Gasteiger partial charge in [0.05, 0.1) is 0 Å². The molecule has 4 rings (SSSR count). The van der Waals surface area contributed by atoms with Gasteiger partial charge >= 0.3 is 6.18 Å². The van der Waals surface area contributed by atoms with Crippen LogP contribution in [0.4, 0.5) is 22.0 Å². The predicted octanol–water partition coefficient (Wildman–Crippen LogP) is 8.28. The lowest BCUT2D eigenvalue weighted by Gasteiger charge is -2.50. The van der Waals surface area contributed by atoms with Crippen LogP contribution in [-0.4, -0.2) is 0 Å². The lowest BCUT2D eigenvalue weighted by atomic mass is 9.55. The first-order valence-corrected chi connectivity index (χ1v) is 11.5. The van der Waals surface area contributed by atoms with Gasteiger partial charge in [0.25, 0.3) is 0 Å². The van der Waals surface area contributed by atoms with Gasteiger partial charge in [0.2, 0.25) is 0 Å². The number of halogens is 5. The smallest absolute Gasteiger partial charge is 0.206 e. The standard InChI is InChI=1S/C25H31F5/c1-2-3-4-15-5-9-20-17(11-15)6-7-18-12-16(8-10-21(18)20)19-13-22(26)24(23(27)14-19)25(28,29)30/h3-4,13-18,20-21H,2,5-12H2,1H3/t15-,16-,17-,18+,20+,21+/m1/s1. The first kappa shape index (κ1) is 21.8. The molecule has 166 valence electrons. The lowest BCUT2D eigenvalue weighted by molar-refractivity contribution is -0.142. The minimum absolute atomic E-state index is 0.0436. The van der Waals surface area contributed by atoms with Crippen molar-refractivity contribution >= 4 is 0 Å². The van der Waals surface area contributed by atoms with Crippen LogP contribution in [0.5, 0.6) is 0 Å². The third-order valence-electron chi connectivity index (χ3n) is 8.04. The van der Waals surface area contributed by atoms with Crippen molar-refractivity contribution in [1.82, 2.24) is 0 Å². The Balaban J connectivity index is 1.44. The number of rotatable bonds is 3. The molecule has 0 radical (unpaired) electrons. The van der Waals surface area contributed by atoms with E-state index in [9.17, 15) is 22.0 Å². The normalized spacial score (nSPS) is 34.6. The van der Waals surface area contributed by atoms with Crippen molar-refractivity contribution in [3.8, 4) is 0 Å². The van der Waals surface area contributed by atoms with Crippen LogP contribution in [0.3, 0.4) is 0 Å². The molecule has 1 aromatic carbocycles. The highest BCUT2D eigenvalue weighted by atomic mass is 19.4. The zero-order valence-corrected chi connectivity index (χ0v) is 17.5. The number of hydrogen-bond acceptors (Lipinski definition) is 0. The van der Waals surface area contributed by atoms with Crippen LogP contribution in [0.2, 0.25) is 0 Å². The summed E-state index contributed by atoms with van der Waals surface area (Å²) in [5.41, 5.74) is -1.37. The predicted molar refractivity (Wildman–Crippen MR) is 108 cm³/mol. The van der Waals surface area contributed by atoms with Crippen LogP contribution in [-0.2, 0) is 6.18 Å². The quantitative estimate of drug-likeness (QED) is 0.337. The molecule has 0 heterocycles. The second kappa shape index (κ2) is 8.63. The van der Waals surface area contributed by atoms with E-state index in [-0.39, 0.29) is 5.92 Å². The molecule has 3 aliphatic rings. The van der Waals surface area contributed by atoms with Crippen molar-refractivity contribution in [2.75, 3.05) is 0 Å². The van der Waals surface area contributed by atoms with Crippen molar-refractivity contribution in [2.24, 2.45) is 29.6 Å². The summed E-state index contributed by atoms with van der Waals surface area (Å²) in [6.45, 7) is 2.17. The van der Waals surface area contributed by atoms with Gasteiger partial charge in [-0.05, 0) is 111 Å². The average molecular weight is 427 g/mol. The number of hydrogen-bond donors (Lipinski definition) is 0. The van der Waals surface area contributed by atoms with Gasteiger partial charge in [-0.2, -0.15) is 13.2 Å². The molecule has 3 fully saturated rings. The average Bonchev–Trinajstić information content (AvgIpc) is 2.69. The van der Waals surface area contributed by atoms with E-state index in [1.165, 1.54) is 25.7 Å². The monoisotopic (exact) mass is 426 g/mol. The molecule has 3 saturated carbocycles. The first-order chi connectivity index (χ1) is 14.3. The summed E-state index contributed by atoms with van der Waals surface area (Å²) in [6.07, 6.45) is 9.58. The summed E-state index contributed by atoms with van der Waals surface area (Å²) in [5, 5.41) is 0. The Morgan fingerprint density at radius 3 is 2.07 bits per heavy atom. The fourth-order valence-electron chi connectivity index (χ4n) is 6.74. The first-order valence-electron chi connectivity index (χ1n) is 11.5. The Morgan fingerprint density at radius 1 is 0.867 bits per heavy atom. The van der Waals surface area contributed by atoms with Gasteiger partial charge in [-0.3, -0.25) is 0 Å². The molecule has 0 unspecified atom stereocenters. The molecule has 30 heavy (non-hydrogen) atoms. The highest BCUT2D eigenvalue weighted by Crippen LogP contribution is 2.55. The highest BCUT2D eigenvalue weighted by Gasteiger charge is 2.45. The Labute approximate surface area is 175 Å². The van der Waals surface area contributed by atoms with E-state index in [2.05, 4.69) is 19.1 Å². The Hall–Kier alpha value is -1.39. The SMILES string of the molecule is CCC=C[C@@H]1CC[C@H]2[C@H](CC[C@H]3C[C@H](c4cc(F)c(C(F)(F)F)c(F)c4)CC[C@@H]32)C1. The largest absolute Gasteiger partial charge is 0.422 e. The Morgan fingerprint density at radius 2 is 1.47 bits per heavy atom. The number of alkyl halides is 3. The van der Waals surface area contributed by atoms with Crippen LogP contribution >= 0.6 is 0 Å². The molecule has 0 saturated heterocycles. The summed E-state index contributed by atoms with van der Waals surface area (Å²) in [5.74, 6) is 0.418. The lowest BCUT2D eigenvalue weighted by Crippen LogP contribution is -2.41. The fourth-order valence-corrected chi connectivity index (χ4v) is 6.74. The van der Waals surface area contributed by atoms with E-state index in [1.54, 1.807) is 0 Å². The second-order valence-corrected chi connectivity index (χ2v) is 9.70. The van der Waals surface area contributed by atoms with Crippen molar-refractivity contribution in [3.05, 3.63) is 47.0 Å². The minimum atomic E-state index is -5.01. The molecule has 5 heteroatoms. The van der Waals surface area contributed by atoms with E-state index in [4.69, 9.17) is 0 Å². The summed E-state index contributed by atoms with van der Waals surface area (Å²) < 4.78 is 66.8. The zero-order chi connectivity index (χ0) is 21.5. The van der Waals surface area contributed by atoms with Gasteiger partial charge < -0.3 is 0 Å². The number of allylic oxidation sites excluding steroid dienone is 2. The van der Waals surface area contributed by atoms with E-state index in [0.29, 0.717) is 23.3 Å². The van der Waals surface area contributed by atoms with Crippen LogP contribution in [0.15, 0.2) is 24.3 Å². The van der Waals surface area contributed by atoms with Crippen LogP contribution in [0, 0.1) is 41.2 Å². The van der Waals surface area contributed by atoms with Gasteiger partial charge in [0, 0.05) is 0 Å². The molecular formula is C25H31F5. The van der Waals surface area contributed by atoms with Crippen LogP contribution < -0.4 is 0 Å². The summed E-state index contributed by atoms with van der Waals surface area (Å²) in [7, 11) is 0. The van der Waals surface area contributed by atoms with Crippen LogP contribution in [0.1, 0.15) is 81.8 Å². The fraction of sp³-hybridized carbons (Fsp3) is 0.680. The van der Waals surface area contributed by atoms with E-state index < -0.39 is 23.4 Å². The van der Waals surface area contributed by atoms with Gasteiger partial charge in [0.1, 0.15) is 17.2 Å². The molecule has 0 amide bonds. The maximum Gasteiger partial charge on any atom is 0.422 e. The van der Waals surface area contributed by atoms with Gasteiger partial charge in [-0.25, -0.2) is 8.78 Å². The molecule has 6 atom stereocenters. The van der Waals surface area contributed by atoms with Crippen molar-refractivity contribution in [1.29, 1.82) is 0 Å². The highest BCUT2D eigenvalue weighted by molar-refractivity contribution is 5.31. The molecular weight excluding hydrogens is 395 g/mol. The number of benzene rings is 1. The summed E-state index contributed by atoms with van der Waals surface area (Å²) in [4.78, 5) is 0. The topological polar surface area (TPSA) is 0 Å². The molecule has 0 nitrogen and oxygen atoms in total. The molecule has 1 aromatic rings. The molecule has 0 aliphatic heterocycles. The zero-order valence-electron chi connectivity index (χ0n) is 17.5. The van der Waals surface area contributed by atoms with Gasteiger partial charge in [-0.15, -0.1) is 0 Å². The van der Waals surface area contributed by atoms with Crippen molar-refractivity contribution < 1.29 is 22.0 Å². The summed E-state index contributed by atoms with van der Waals surface area (Å²) >= 11 is 0. The van der Waals surface area contributed by atoms with Crippen molar-refractivity contribution in [3.63, 3.8) is 0 Å². The van der Waals surface area contributed by atoms with E-state index in [1.807, 2.05) is 0 Å². The molecule has 0 aromatic heterocycles. The third-order valence-corrected chi connectivity index (χ3v) is 8.04. The van der Waals surface area contributed by atoms with Gasteiger partial charge in [-0.1, -0.05) is 19.1 Å². The molecule has 0 bridgehead atoms. The molecule has 0 spiro atoms. The number of fused-ring (bicyclic) bond motifs is 3. The van der Waals surface area contributed by atoms with E-state index >= 15 is 0 Å². The summed E-state index contributed by atoms with van der Waals surface area (Å²) in [6, 6.07) is 1.85. The van der Waals surface area contributed by atoms with Crippen molar-refractivity contribution in [2.45, 2.75) is 76.8 Å². The van der Waals surface area contributed by atoms with Gasteiger partial charge in [0.15, 0.2) is 0 Å². The molecule has 0 N–H and O–H groups in total. The Kier molecular flexibility index (Phi) is 6.28. The second-order valence-electron chi connectivity index (χ2n) is 9.70.